The molecule has 0 atom stereocenters. The van der Waals surface area contributed by atoms with Crippen LogP contribution in [-0.4, -0.2) is 20.3 Å². The number of carbonyl (C=O) groups is 1. The van der Waals surface area contributed by atoms with Gasteiger partial charge in [0.15, 0.2) is 0 Å². The Labute approximate surface area is 178 Å². The molecule has 4 rings (SSSR count). The van der Waals surface area contributed by atoms with Gasteiger partial charge < -0.3 is 5.32 Å². The van der Waals surface area contributed by atoms with E-state index in [4.69, 9.17) is 5.26 Å². The van der Waals surface area contributed by atoms with Gasteiger partial charge in [-0.05, 0) is 61.0 Å². The summed E-state index contributed by atoms with van der Waals surface area (Å²) in [6, 6.07) is 21.5. The van der Waals surface area contributed by atoms with Gasteiger partial charge in [0.2, 0.25) is 0 Å². The lowest BCUT2D eigenvalue weighted by Gasteiger charge is -2.12. The predicted octanol–water partition coefficient (Wildman–Crippen LogP) is 3.13. The lowest BCUT2D eigenvalue weighted by Crippen LogP contribution is -2.33. The Bertz CT molecular complexity index is 1330. The Morgan fingerprint density at radius 3 is 2.58 bits per heavy atom. The molecule has 2 heterocycles. The van der Waals surface area contributed by atoms with E-state index in [0.717, 1.165) is 11.3 Å². The monoisotopic (exact) mass is 409 g/mol. The number of hydrogen-bond acceptors (Lipinski definition) is 4. The van der Waals surface area contributed by atoms with Gasteiger partial charge in [-0.2, -0.15) is 10.4 Å². The number of benzene rings is 2. The molecule has 0 saturated heterocycles. The standard InChI is InChI=1S/C24H19N5O2/c1-17-6-11-22(24(31)29(17)21-5-2-4-19(14-21)15-25)23(30)26-16-18-7-9-20(10-8-18)28-13-3-12-27-28/h2-14H,16H2,1H3,(H,26,30). The van der Waals surface area contributed by atoms with Crippen LogP contribution in [0.4, 0.5) is 0 Å². The summed E-state index contributed by atoms with van der Waals surface area (Å²) in [6.45, 7) is 2.07. The zero-order valence-corrected chi connectivity index (χ0v) is 16.8. The third-order valence-corrected chi connectivity index (χ3v) is 4.91. The molecule has 0 unspecified atom stereocenters. The van der Waals surface area contributed by atoms with E-state index in [1.165, 1.54) is 10.6 Å². The van der Waals surface area contributed by atoms with Crippen LogP contribution in [0.15, 0.2) is 83.9 Å². The van der Waals surface area contributed by atoms with Crippen molar-refractivity contribution >= 4 is 5.91 Å². The number of rotatable bonds is 5. The molecule has 152 valence electrons. The van der Waals surface area contributed by atoms with Crippen molar-refractivity contribution in [1.82, 2.24) is 19.7 Å². The van der Waals surface area contributed by atoms with Crippen molar-refractivity contribution in [1.29, 1.82) is 5.26 Å². The highest BCUT2D eigenvalue weighted by Crippen LogP contribution is 2.12. The summed E-state index contributed by atoms with van der Waals surface area (Å²) in [5, 5.41) is 16.1. The SMILES string of the molecule is Cc1ccc(C(=O)NCc2ccc(-n3cccn3)cc2)c(=O)n1-c1cccc(C#N)c1. The number of nitrogens with one attached hydrogen (secondary N) is 1. The molecular formula is C24H19N5O2. The molecule has 0 bridgehead atoms. The topological polar surface area (TPSA) is 92.7 Å². The molecule has 0 radical (unpaired) electrons. The lowest BCUT2D eigenvalue weighted by molar-refractivity contribution is 0.0949. The molecular weight excluding hydrogens is 390 g/mol. The summed E-state index contributed by atoms with van der Waals surface area (Å²) in [5.74, 6) is -0.452. The van der Waals surface area contributed by atoms with E-state index < -0.39 is 11.5 Å². The second kappa shape index (κ2) is 8.51. The first kappa shape index (κ1) is 19.9. The number of hydrogen-bond donors (Lipinski definition) is 1. The van der Waals surface area contributed by atoms with Crippen molar-refractivity contribution < 1.29 is 4.79 Å². The normalized spacial score (nSPS) is 10.5. The molecule has 0 spiro atoms. The molecule has 7 heteroatoms. The fourth-order valence-electron chi connectivity index (χ4n) is 3.30. The predicted molar refractivity (Wildman–Crippen MR) is 116 cm³/mol. The number of nitrogens with zero attached hydrogens (tertiary/aromatic N) is 4. The van der Waals surface area contributed by atoms with Crippen molar-refractivity contribution in [3.8, 4) is 17.4 Å². The number of nitriles is 1. The van der Waals surface area contributed by atoms with Gasteiger partial charge in [0.25, 0.3) is 11.5 Å². The number of aryl methyl sites for hydroxylation is 1. The second-order valence-corrected chi connectivity index (χ2v) is 6.99. The van der Waals surface area contributed by atoms with Crippen LogP contribution in [0, 0.1) is 18.3 Å². The molecule has 0 aliphatic heterocycles. The molecule has 0 aliphatic carbocycles. The fraction of sp³-hybridized carbons (Fsp3) is 0.0833. The van der Waals surface area contributed by atoms with Crippen molar-refractivity contribution in [3.05, 3.63) is 112 Å². The third-order valence-electron chi connectivity index (χ3n) is 4.91. The molecule has 31 heavy (non-hydrogen) atoms. The van der Waals surface area contributed by atoms with Gasteiger partial charge in [-0.3, -0.25) is 14.2 Å². The van der Waals surface area contributed by atoms with Crippen LogP contribution < -0.4 is 10.9 Å². The fourth-order valence-corrected chi connectivity index (χ4v) is 3.30. The molecule has 4 aromatic rings. The van der Waals surface area contributed by atoms with E-state index in [2.05, 4.69) is 16.5 Å². The highest BCUT2D eigenvalue weighted by atomic mass is 16.2. The molecule has 2 aromatic heterocycles. The van der Waals surface area contributed by atoms with Gasteiger partial charge in [-0.15, -0.1) is 0 Å². The van der Waals surface area contributed by atoms with Crippen LogP contribution >= 0.6 is 0 Å². The lowest BCUT2D eigenvalue weighted by atomic mass is 10.1. The van der Waals surface area contributed by atoms with Crippen molar-refractivity contribution in [2.75, 3.05) is 0 Å². The Kier molecular flexibility index (Phi) is 5.45. The van der Waals surface area contributed by atoms with Crippen molar-refractivity contribution in [2.24, 2.45) is 0 Å². The van der Waals surface area contributed by atoms with Gasteiger partial charge in [0, 0.05) is 24.6 Å². The minimum Gasteiger partial charge on any atom is -0.348 e. The number of carbonyl (C=O) groups excluding carboxylic acids is 1. The zero-order chi connectivity index (χ0) is 21.8. The molecule has 0 fully saturated rings. The van der Waals surface area contributed by atoms with Crippen LogP contribution in [0.25, 0.3) is 11.4 Å². The van der Waals surface area contributed by atoms with Gasteiger partial charge in [-0.1, -0.05) is 18.2 Å². The summed E-state index contributed by atoms with van der Waals surface area (Å²) >= 11 is 0. The summed E-state index contributed by atoms with van der Waals surface area (Å²) in [7, 11) is 0. The summed E-state index contributed by atoms with van der Waals surface area (Å²) < 4.78 is 3.19. The van der Waals surface area contributed by atoms with Gasteiger partial charge in [-0.25, -0.2) is 4.68 Å². The highest BCUT2D eigenvalue weighted by Gasteiger charge is 2.15. The van der Waals surface area contributed by atoms with Crippen LogP contribution in [0.1, 0.15) is 27.2 Å². The molecule has 7 nitrogen and oxygen atoms in total. The van der Waals surface area contributed by atoms with E-state index >= 15 is 0 Å². The highest BCUT2D eigenvalue weighted by molar-refractivity contribution is 5.93. The molecule has 0 saturated carbocycles. The quantitative estimate of drug-likeness (QED) is 0.548. The number of pyridine rings is 1. The first-order chi connectivity index (χ1) is 15.1. The van der Waals surface area contributed by atoms with E-state index in [1.54, 1.807) is 48.1 Å². The minimum absolute atomic E-state index is 0.0427. The largest absolute Gasteiger partial charge is 0.348 e. The molecule has 1 amide bonds. The molecule has 0 aliphatic rings. The van der Waals surface area contributed by atoms with Crippen LogP contribution in [0.3, 0.4) is 0 Å². The van der Waals surface area contributed by atoms with E-state index in [1.807, 2.05) is 36.5 Å². The smallest absolute Gasteiger partial charge is 0.268 e. The van der Waals surface area contributed by atoms with Crippen molar-refractivity contribution in [3.63, 3.8) is 0 Å². The van der Waals surface area contributed by atoms with Gasteiger partial charge in [0.1, 0.15) is 5.56 Å². The van der Waals surface area contributed by atoms with E-state index in [9.17, 15) is 9.59 Å². The summed E-state index contributed by atoms with van der Waals surface area (Å²) in [5.41, 5.74) is 3.09. The Balaban J connectivity index is 1.54. The average molecular weight is 409 g/mol. The third kappa shape index (κ3) is 4.14. The first-order valence-electron chi connectivity index (χ1n) is 9.67. The van der Waals surface area contributed by atoms with Gasteiger partial charge >= 0.3 is 0 Å². The molecule has 1 N–H and O–H groups in total. The zero-order valence-electron chi connectivity index (χ0n) is 16.8. The number of amides is 1. The summed E-state index contributed by atoms with van der Waals surface area (Å²) in [6.07, 6.45) is 3.56. The Morgan fingerprint density at radius 1 is 1.06 bits per heavy atom. The Hall–Kier alpha value is -4.44. The first-order valence-corrected chi connectivity index (χ1v) is 9.67. The number of aromatic nitrogens is 3. The maximum atomic E-state index is 13.0. The molecule has 2 aromatic carbocycles. The van der Waals surface area contributed by atoms with Gasteiger partial charge in [0.05, 0.1) is 23.0 Å². The second-order valence-electron chi connectivity index (χ2n) is 6.99. The van der Waals surface area contributed by atoms with Crippen LogP contribution in [-0.2, 0) is 6.54 Å². The Morgan fingerprint density at radius 2 is 1.87 bits per heavy atom. The van der Waals surface area contributed by atoms with E-state index in [-0.39, 0.29) is 12.1 Å². The maximum Gasteiger partial charge on any atom is 0.268 e. The minimum atomic E-state index is -0.452. The van der Waals surface area contributed by atoms with Crippen molar-refractivity contribution in [2.45, 2.75) is 13.5 Å². The summed E-state index contributed by atoms with van der Waals surface area (Å²) in [4.78, 5) is 25.7. The van der Waals surface area contributed by atoms with Crippen LogP contribution in [0.5, 0.6) is 0 Å². The van der Waals surface area contributed by atoms with E-state index in [0.29, 0.717) is 16.9 Å². The maximum absolute atomic E-state index is 13.0. The average Bonchev–Trinajstić information content (AvgIpc) is 3.33. The van der Waals surface area contributed by atoms with Crippen LogP contribution in [0.2, 0.25) is 0 Å².